The van der Waals surface area contributed by atoms with Gasteiger partial charge in [-0.15, -0.1) is 0 Å². The van der Waals surface area contributed by atoms with Crippen LogP contribution < -0.4 is 0 Å². The van der Waals surface area contributed by atoms with Crippen molar-refractivity contribution in [1.82, 2.24) is 0 Å². The molecule has 0 unspecified atom stereocenters. The molecule has 0 heterocycles. The minimum atomic E-state index is -0.0541. The Kier molecular flexibility index (Phi) is 4.58. The van der Waals surface area contributed by atoms with Gasteiger partial charge in [-0.3, -0.25) is 4.79 Å². The fourth-order valence-electron chi connectivity index (χ4n) is 1.45. The molecule has 2 heteroatoms. The molecule has 1 aliphatic carbocycles. The van der Waals surface area contributed by atoms with E-state index in [9.17, 15) is 4.79 Å². The first kappa shape index (κ1) is 10.3. The van der Waals surface area contributed by atoms with E-state index in [-0.39, 0.29) is 5.97 Å². The summed E-state index contributed by atoms with van der Waals surface area (Å²) in [6.07, 6.45) is 8.98. The Morgan fingerprint density at radius 2 is 2.38 bits per heavy atom. The van der Waals surface area contributed by atoms with Crippen LogP contribution in [0.5, 0.6) is 0 Å². The molecular formula is C11H18O2. The van der Waals surface area contributed by atoms with Crippen molar-refractivity contribution in [2.45, 2.75) is 51.9 Å². The van der Waals surface area contributed by atoms with Gasteiger partial charge in [0.1, 0.15) is 5.76 Å². The first-order valence-corrected chi connectivity index (χ1v) is 5.22. The second kappa shape index (κ2) is 5.79. The fraction of sp³-hybridized carbons (Fsp3) is 0.727. The van der Waals surface area contributed by atoms with Gasteiger partial charge in [-0.2, -0.15) is 0 Å². The van der Waals surface area contributed by atoms with Crippen LogP contribution in [0.1, 0.15) is 51.9 Å². The van der Waals surface area contributed by atoms with Crippen molar-refractivity contribution in [3.63, 3.8) is 0 Å². The van der Waals surface area contributed by atoms with E-state index in [0.29, 0.717) is 6.42 Å². The van der Waals surface area contributed by atoms with Gasteiger partial charge >= 0.3 is 5.97 Å². The minimum absolute atomic E-state index is 0.0541. The third kappa shape index (κ3) is 4.11. The van der Waals surface area contributed by atoms with Crippen molar-refractivity contribution in [2.75, 3.05) is 0 Å². The van der Waals surface area contributed by atoms with Crippen molar-refractivity contribution < 1.29 is 9.53 Å². The van der Waals surface area contributed by atoms with Crippen LogP contribution in [0, 0.1) is 0 Å². The Morgan fingerprint density at radius 3 is 3.00 bits per heavy atom. The Bertz CT molecular complexity index is 194. The molecule has 0 saturated carbocycles. The highest BCUT2D eigenvalue weighted by molar-refractivity contribution is 5.70. The molecule has 0 aromatic carbocycles. The molecular weight excluding hydrogens is 164 g/mol. The van der Waals surface area contributed by atoms with Crippen LogP contribution in [0.15, 0.2) is 11.8 Å². The summed E-state index contributed by atoms with van der Waals surface area (Å²) in [6, 6.07) is 0. The minimum Gasteiger partial charge on any atom is -0.431 e. The van der Waals surface area contributed by atoms with Gasteiger partial charge in [-0.1, -0.05) is 19.8 Å². The van der Waals surface area contributed by atoms with Gasteiger partial charge < -0.3 is 4.74 Å². The van der Waals surface area contributed by atoms with Crippen molar-refractivity contribution in [3.05, 3.63) is 11.8 Å². The van der Waals surface area contributed by atoms with Crippen LogP contribution in [-0.4, -0.2) is 5.97 Å². The monoisotopic (exact) mass is 182 g/mol. The number of unbranched alkanes of at least 4 members (excludes halogenated alkanes) is 2. The molecule has 2 nitrogen and oxygen atoms in total. The molecule has 1 aliphatic rings. The molecule has 0 bridgehead atoms. The lowest BCUT2D eigenvalue weighted by atomic mass is 10.2. The number of carbonyl (C=O) groups is 1. The summed E-state index contributed by atoms with van der Waals surface area (Å²) in [7, 11) is 0. The van der Waals surface area contributed by atoms with Gasteiger partial charge in [0.05, 0.1) is 0 Å². The normalized spacial score (nSPS) is 15.6. The van der Waals surface area contributed by atoms with E-state index in [1.807, 2.05) is 6.08 Å². The van der Waals surface area contributed by atoms with Crippen molar-refractivity contribution in [3.8, 4) is 0 Å². The number of hydrogen-bond donors (Lipinski definition) is 0. The van der Waals surface area contributed by atoms with Gasteiger partial charge in [0, 0.05) is 12.8 Å². The number of allylic oxidation sites excluding steroid dienone is 2. The number of esters is 1. The van der Waals surface area contributed by atoms with Crippen LogP contribution in [-0.2, 0) is 9.53 Å². The smallest absolute Gasteiger partial charge is 0.310 e. The highest BCUT2D eigenvalue weighted by Gasteiger charge is 2.10. The Labute approximate surface area is 80.0 Å². The molecule has 0 spiro atoms. The molecule has 0 aliphatic heterocycles. The van der Waals surface area contributed by atoms with Crippen LogP contribution in [0.25, 0.3) is 0 Å². The average Bonchev–Trinajstić information content (AvgIpc) is 2.57. The predicted molar refractivity (Wildman–Crippen MR) is 52.2 cm³/mol. The number of ether oxygens (including phenoxy) is 1. The van der Waals surface area contributed by atoms with Crippen molar-refractivity contribution in [2.24, 2.45) is 0 Å². The average molecular weight is 182 g/mol. The second-order valence-corrected chi connectivity index (χ2v) is 3.49. The zero-order chi connectivity index (χ0) is 9.52. The Morgan fingerprint density at radius 1 is 1.54 bits per heavy atom. The van der Waals surface area contributed by atoms with E-state index < -0.39 is 0 Å². The van der Waals surface area contributed by atoms with Crippen molar-refractivity contribution >= 4 is 5.97 Å². The molecule has 0 N–H and O–H groups in total. The van der Waals surface area contributed by atoms with Gasteiger partial charge in [0.15, 0.2) is 0 Å². The quantitative estimate of drug-likeness (QED) is 0.482. The van der Waals surface area contributed by atoms with Gasteiger partial charge in [0.2, 0.25) is 0 Å². The summed E-state index contributed by atoms with van der Waals surface area (Å²) in [5.41, 5.74) is 0. The van der Waals surface area contributed by atoms with Gasteiger partial charge in [-0.05, 0) is 25.3 Å². The summed E-state index contributed by atoms with van der Waals surface area (Å²) in [4.78, 5) is 11.2. The van der Waals surface area contributed by atoms with Gasteiger partial charge in [-0.25, -0.2) is 0 Å². The zero-order valence-electron chi connectivity index (χ0n) is 8.34. The van der Waals surface area contributed by atoms with E-state index in [1.54, 1.807) is 0 Å². The highest BCUT2D eigenvalue weighted by Crippen LogP contribution is 2.19. The first-order valence-electron chi connectivity index (χ1n) is 5.22. The van der Waals surface area contributed by atoms with Crippen LogP contribution in [0.4, 0.5) is 0 Å². The molecule has 0 aromatic heterocycles. The largest absolute Gasteiger partial charge is 0.431 e. The topological polar surface area (TPSA) is 26.3 Å². The van der Waals surface area contributed by atoms with E-state index in [2.05, 4.69) is 6.92 Å². The maximum Gasteiger partial charge on any atom is 0.310 e. The third-order valence-corrected chi connectivity index (χ3v) is 2.23. The summed E-state index contributed by atoms with van der Waals surface area (Å²) in [6.45, 7) is 2.13. The predicted octanol–water partition coefficient (Wildman–Crippen LogP) is 3.18. The van der Waals surface area contributed by atoms with Crippen LogP contribution in [0.3, 0.4) is 0 Å². The summed E-state index contributed by atoms with van der Waals surface area (Å²) < 4.78 is 5.18. The van der Waals surface area contributed by atoms with Crippen LogP contribution >= 0.6 is 0 Å². The third-order valence-electron chi connectivity index (χ3n) is 2.23. The first-order chi connectivity index (χ1) is 6.33. The lowest BCUT2D eigenvalue weighted by Gasteiger charge is -2.03. The van der Waals surface area contributed by atoms with E-state index >= 15 is 0 Å². The Hall–Kier alpha value is -0.790. The fourth-order valence-corrected chi connectivity index (χ4v) is 1.45. The summed E-state index contributed by atoms with van der Waals surface area (Å²) >= 11 is 0. The maximum absolute atomic E-state index is 11.2. The summed E-state index contributed by atoms with van der Waals surface area (Å²) in [5, 5.41) is 0. The maximum atomic E-state index is 11.2. The number of hydrogen-bond acceptors (Lipinski definition) is 2. The Balaban J connectivity index is 2.10. The lowest BCUT2D eigenvalue weighted by Crippen LogP contribution is -2.02. The van der Waals surface area contributed by atoms with Gasteiger partial charge in [0.25, 0.3) is 0 Å². The SMILES string of the molecule is CCCCCC(=O)OC1=CCCC1. The second-order valence-electron chi connectivity index (χ2n) is 3.49. The molecule has 0 atom stereocenters. The van der Waals surface area contributed by atoms with Crippen LogP contribution in [0.2, 0.25) is 0 Å². The van der Waals surface area contributed by atoms with E-state index in [0.717, 1.165) is 44.3 Å². The summed E-state index contributed by atoms with van der Waals surface area (Å²) in [5.74, 6) is 0.836. The van der Waals surface area contributed by atoms with E-state index in [4.69, 9.17) is 4.74 Å². The molecule has 0 aromatic rings. The molecule has 0 radical (unpaired) electrons. The number of carbonyl (C=O) groups excluding carboxylic acids is 1. The molecule has 13 heavy (non-hydrogen) atoms. The number of rotatable bonds is 5. The molecule has 0 amide bonds. The lowest BCUT2D eigenvalue weighted by molar-refractivity contribution is -0.139. The standard InChI is InChI=1S/C11H18O2/c1-2-3-4-9-11(12)13-10-7-5-6-8-10/h7H,2-6,8-9H2,1H3. The molecule has 74 valence electrons. The van der Waals surface area contributed by atoms with Crippen molar-refractivity contribution in [1.29, 1.82) is 0 Å². The molecule has 0 fully saturated rings. The molecule has 0 saturated heterocycles. The highest BCUT2D eigenvalue weighted by atomic mass is 16.5. The molecule has 1 rings (SSSR count). The van der Waals surface area contributed by atoms with E-state index in [1.165, 1.54) is 0 Å². The zero-order valence-corrected chi connectivity index (χ0v) is 8.34.